The zero-order valence-corrected chi connectivity index (χ0v) is 9.84. The molecule has 0 fully saturated rings. The van der Waals surface area contributed by atoms with Crippen LogP contribution in [0.2, 0.25) is 10.0 Å². The number of ether oxygens (including phenoxy) is 1. The predicted octanol–water partition coefficient (Wildman–Crippen LogP) is 4.61. The minimum Gasteiger partial charge on any atom is -0.483 e. The number of rotatable bonds is 2. The van der Waals surface area contributed by atoms with Gasteiger partial charge in [0.1, 0.15) is 5.02 Å². The lowest BCUT2D eigenvalue weighted by Crippen LogP contribution is -1.87. The molecular formula is C10H8Cl2OS. The molecule has 1 aromatic carbocycles. The lowest BCUT2D eigenvalue weighted by atomic mass is 10.3. The molecule has 74 valence electrons. The van der Waals surface area contributed by atoms with Gasteiger partial charge >= 0.3 is 0 Å². The Labute approximate surface area is 96.2 Å². The fourth-order valence-corrected chi connectivity index (χ4v) is 2.91. The van der Waals surface area contributed by atoms with Crippen LogP contribution in [0, 0.1) is 0 Å². The van der Waals surface area contributed by atoms with Gasteiger partial charge in [-0.05, 0) is 19.1 Å². The van der Waals surface area contributed by atoms with Crippen LogP contribution in [0.1, 0.15) is 6.92 Å². The first-order valence-corrected chi connectivity index (χ1v) is 5.80. The molecule has 14 heavy (non-hydrogen) atoms. The van der Waals surface area contributed by atoms with E-state index in [1.807, 2.05) is 25.1 Å². The van der Waals surface area contributed by atoms with Gasteiger partial charge < -0.3 is 4.74 Å². The summed E-state index contributed by atoms with van der Waals surface area (Å²) in [6, 6.07) is 5.65. The Morgan fingerprint density at radius 2 is 2.14 bits per heavy atom. The monoisotopic (exact) mass is 246 g/mol. The summed E-state index contributed by atoms with van der Waals surface area (Å²) in [7, 11) is 0. The molecule has 0 amide bonds. The summed E-state index contributed by atoms with van der Waals surface area (Å²) >= 11 is 13.5. The van der Waals surface area contributed by atoms with Gasteiger partial charge in [-0.15, -0.1) is 0 Å². The smallest absolute Gasteiger partial charge is 0.193 e. The Kier molecular flexibility index (Phi) is 2.86. The van der Waals surface area contributed by atoms with Crippen LogP contribution in [0.15, 0.2) is 18.2 Å². The van der Waals surface area contributed by atoms with Gasteiger partial charge in [0.25, 0.3) is 0 Å². The molecule has 4 heteroatoms. The second kappa shape index (κ2) is 3.97. The number of hydrogen-bond donors (Lipinski definition) is 0. The lowest BCUT2D eigenvalue weighted by molar-refractivity contribution is 0.351. The molecule has 0 bridgehead atoms. The quantitative estimate of drug-likeness (QED) is 0.753. The van der Waals surface area contributed by atoms with Crippen LogP contribution in [-0.2, 0) is 0 Å². The van der Waals surface area contributed by atoms with Crippen molar-refractivity contribution < 1.29 is 4.74 Å². The second-order valence-corrected chi connectivity index (χ2v) is 4.61. The SMILES string of the molecule is CCOc1sc2cc(Cl)ccc2c1Cl. The van der Waals surface area contributed by atoms with E-state index in [9.17, 15) is 0 Å². The summed E-state index contributed by atoms with van der Waals surface area (Å²) in [4.78, 5) is 0. The molecule has 0 aliphatic carbocycles. The first-order valence-electron chi connectivity index (χ1n) is 4.22. The highest BCUT2D eigenvalue weighted by molar-refractivity contribution is 7.21. The van der Waals surface area contributed by atoms with E-state index in [0.717, 1.165) is 20.2 Å². The summed E-state index contributed by atoms with van der Waals surface area (Å²) in [5.74, 6) is 0. The van der Waals surface area contributed by atoms with Crippen LogP contribution in [0.3, 0.4) is 0 Å². The number of fused-ring (bicyclic) bond motifs is 1. The molecule has 2 rings (SSSR count). The van der Waals surface area contributed by atoms with E-state index >= 15 is 0 Å². The highest BCUT2D eigenvalue weighted by Crippen LogP contribution is 2.42. The third kappa shape index (κ3) is 1.70. The van der Waals surface area contributed by atoms with Crippen LogP contribution in [-0.4, -0.2) is 6.61 Å². The van der Waals surface area contributed by atoms with E-state index in [2.05, 4.69) is 0 Å². The Bertz CT molecular complexity index is 464. The van der Waals surface area contributed by atoms with Gasteiger partial charge in [-0.1, -0.05) is 40.6 Å². The van der Waals surface area contributed by atoms with Crippen molar-refractivity contribution in [2.75, 3.05) is 6.61 Å². The van der Waals surface area contributed by atoms with Gasteiger partial charge in [-0.25, -0.2) is 0 Å². The maximum atomic E-state index is 6.13. The van der Waals surface area contributed by atoms with E-state index in [0.29, 0.717) is 11.6 Å². The van der Waals surface area contributed by atoms with Crippen LogP contribution in [0.5, 0.6) is 5.06 Å². The highest BCUT2D eigenvalue weighted by Gasteiger charge is 2.10. The molecule has 1 nitrogen and oxygen atoms in total. The Balaban J connectivity index is 2.61. The van der Waals surface area contributed by atoms with Crippen molar-refractivity contribution in [2.45, 2.75) is 6.92 Å². The number of halogens is 2. The van der Waals surface area contributed by atoms with Crippen molar-refractivity contribution in [3.8, 4) is 5.06 Å². The molecule has 1 aromatic heterocycles. The average Bonchev–Trinajstić information content (AvgIpc) is 2.44. The van der Waals surface area contributed by atoms with Crippen LogP contribution in [0.4, 0.5) is 0 Å². The van der Waals surface area contributed by atoms with Gasteiger partial charge in [0, 0.05) is 15.1 Å². The molecule has 0 saturated carbocycles. The normalized spacial score (nSPS) is 10.8. The molecule has 0 radical (unpaired) electrons. The lowest BCUT2D eigenvalue weighted by Gasteiger charge is -1.97. The zero-order chi connectivity index (χ0) is 10.1. The van der Waals surface area contributed by atoms with Crippen molar-refractivity contribution in [3.63, 3.8) is 0 Å². The number of thiophene rings is 1. The average molecular weight is 247 g/mol. The molecule has 0 aliphatic heterocycles. The molecule has 0 saturated heterocycles. The van der Waals surface area contributed by atoms with E-state index in [1.165, 1.54) is 11.3 Å². The maximum absolute atomic E-state index is 6.13. The third-order valence-electron chi connectivity index (χ3n) is 1.84. The standard InChI is InChI=1S/C10H8Cl2OS/c1-2-13-10-9(12)7-4-3-6(11)5-8(7)14-10/h3-5H,2H2,1H3. The first kappa shape index (κ1) is 10.1. The minimum atomic E-state index is 0.625. The van der Waals surface area contributed by atoms with Gasteiger partial charge in [-0.2, -0.15) is 0 Å². The van der Waals surface area contributed by atoms with E-state index in [4.69, 9.17) is 27.9 Å². The number of benzene rings is 1. The van der Waals surface area contributed by atoms with Crippen molar-refractivity contribution in [1.29, 1.82) is 0 Å². The van der Waals surface area contributed by atoms with Gasteiger partial charge in [0.2, 0.25) is 0 Å². The second-order valence-electron chi connectivity index (χ2n) is 2.78. The fraction of sp³-hybridized carbons (Fsp3) is 0.200. The first-order chi connectivity index (χ1) is 6.72. The largest absolute Gasteiger partial charge is 0.483 e. The van der Waals surface area contributed by atoms with E-state index in [1.54, 1.807) is 0 Å². The molecule has 1 heterocycles. The number of hydrogen-bond acceptors (Lipinski definition) is 2. The molecule has 0 atom stereocenters. The van der Waals surface area contributed by atoms with E-state index in [-0.39, 0.29) is 0 Å². The van der Waals surface area contributed by atoms with Crippen LogP contribution < -0.4 is 4.74 Å². The van der Waals surface area contributed by atoms with Gasteiger partial charge in [-0.3, -0.25) is 0 Å². The van der Waals surface area contributed by atoms with Gasteiger partial charge in [0.15, 0.2) is 5.06 Å². The zero-order valence-electron chi connectivity index (χ0n) is 7.51. The van der Waals surface area contributed by atoms with E-state index < -0.39 is 0 Å². The fourth-order valence-electron chi connectivity index (χ4n) is 1.24. The Morgan fingerprint density at radius 1 is 1.36 bits per heavy atom. The van der Waals surface area contributed by atoms with Crippen molar-refractivity contribution in [2.24, 2.45) is 0 Å². The molecule has 0 N–H and O–H groups in total. The van der Waals surface area contributed by atoms with Crippen LogP contribution in [0.25, 0.3) is 10.1 Å². The highest BCUT2D eigenvalue weighted by atomic mass is 35.5. The summed E-state index contributed by atoms with van der Waals surface area (Å²) in [6.45, 7) is 2.56. The Hall–Kier alpha value is -0.440. The van der Waals surface area contributed by atoms with Crippen molar-refractivity contribution >= 4 is 44.6 Å². The molecule has 2 aromatic rings. The third-order valence-corrected chi connectivity index (χ3v) is 3.62. The topological polar surface area (TPSA) is 9.23 Å². The molecule has 0 unspecified atom stereocenters. The maximum Gasteiger partial charge on any atom is 0.193 e. The van der Waals surface area contributed by atoms with Crippen LogP contribution >= 0.6 is 34.5 Å². The summed E-state index contributed by atoms with van der Waals surface area (Å²) in [5.41, 5.74) is 0. The van der Waals surface area contributed by atoms with Crippen molar-refractivity contribution in [3.05, 3.63) is 28.2 Å². The van der Waals surface area contributed by atoms with Gasteiger partial charge in [0.05, 0.1) is 6.61 Å². The summed E-state index contributed by atoms with van der Waals surface area (Å²) in [6.07, 6.45) is 0. The van der Waals surface area contributed by atoms with Crippen molar-refractivity contribution in [1.82, 2.24) is 0 Å². The summed E-state index contributed by atoms with van der Waals surface area (Å²) < 4.78 is 6.47. The predicted molar refractivity (Wildman–Crippen MR) is 63.0 cm³/mol. The summed E-state index contributed by atoms with van der Waals surface area (Å²) in [5, 5.41) is 3.18. The molecule has 0 spiro atoms. The minimum absolute atomic E-state index is 0.625. The molecule has 0 aliphatic rings. The molecular weight excluding hydrogens is 239 g/mol. The Morgan fingerprint density at radius 3 is 2.86 bits per heavy atom.